The van der Waals surface area contributed by atoms with Crippen LogP contribution >= 0.6 is 15.9 Å². The molecule has 2 N–H and O–H groups in total. The van der Waals surface area contributed by atoms with E-state index in [4.69, 9.17) is 9.47 Å². The van der Waals surface area contributed by atoms with Gasteiger partial charge in [0.25, 0.3) is 11.8 Å². The summed E-state index contributed by atoms with van der Waals surface area (Å²) < 4.78 is 11.9. The quantitative estimate of drug-likeness (QED) is 0.437. The van der Waals surface area contributed by atoms with Crippen LogP contribution in [0.2, 0.25) is 0 Å². The molecule has 0 fully saturated rings. The van der Waals surface area contributed by atoms with Gasteiger partial charge in [0.15, 0.2) is 0 Å². The summed E-state index contributed by atoms with van der Waals surface area (Å²) in [5.74, 6) is 0.281. The molecule has 150 valence electrons. The summed E-state index contributed by atoms with van der Waals surface area (Å²) in [5.41, 5.74) is 5.60. The van der Waals surface area contributed by atoms with E-state index in [2.05, 4.69) is 33.7 Å². The highest BCUT2D eigenvalue weighted by atomic mass is 79.9. The first kappa shape index (κ1) is 21.8. The molecule has 0 atom stereocenters. The van der Waals surface area contributed by atoms with Crippen molar-refractivity contribution in [3.63, 3.8) is 0 Å². The number of benzene rings is 2. The fourth-order valence-electron chi connectivity index (χ4n) is 2.33. The van der Waals surface area contributed by atoms with Crippen molar-refractivity contribution in [2.45, 2.75) is 33.1 Å². The molecule has 7 heteroatoms. The standard InChI is InChI=1S/C21H25BrN2O4/c1-3-5-13-28-19-11-10-15(14-17(19)22)20(25)23-24-21(26)16-8-6-7-9-18(16)27-12-4-2/h6-11,14H,3-5,12-13H2,1-2H3,(H,23,25)(H,24,26). The summed E-state index contributed by atoms with van der Waals surface area (Å²) in [5, 5.41) is 0. The Bertz CT molecular complexity index is 811. The van der Waals surface area contributed by atoms with Gasteiger partial charge in [0.2, 0.25) is 0 Å². The zero-order valence-corrected chi connectivity index (χ0v) is 17.7. The number of hydrazine groups is 1. The second-order valence-electron chi connectivity index (χ2n) is 6.10. The molecule has 0 radical (unpaired) electrons. The van der Waals surface area contributed by atoms with E-state index < -0.39 is 11.8 Å². The summed E-state index contributed by atoms with van der Waals surface area (Å²) in [6, 6.07) is 11.9. The molecule has 0 saturated carbocycles. The SMILES string of the molecule is CCCCOc1ccc(C(=O)NNC(=O)c2ccccc2OCCC)cc1Br. The maximum atomic E-state index is 12.4. The van der Waals surface area contributed by atoms with Crippen LogP contribution in [0.3, 0.4) is 0 Å². The number of carbonyl (C=O) groups excluding carboxylic acids is 2. The number of ether oxygens (including phenoxy) is 2. The van der Waals surface area contributed by atoms with Gasteiger partial charge in [0.05, 0.1) is 23.2 Å². The highest BCUT2D eigenvalue weighted by Gasteiger charge is 2.14. The minimum absolute atomic E-state index is 0.358. The normalized spacial score (nSPS) is 10.2. The summed E-state index contributed by atoms with van der Waals surface area (Å²) in [6.45, 7) is 5.21. The molecule has 0 aromatic heterocycles. The van der Waals surface area contributed by atoms with E-state index in [1.165, 1.54) is 0 Å². The Labute approximate surface area is 173 Å². The maximum absolute atomic E-state index is 12.4. The van der Waals surface area contributed by atoms with Gasteiger partial charge in [-0.2, -0.15) is 0 Å². The highest BCUT2D eigenvalue weighted by molar-refractivity contribution is 9.10. The number of hydrogen-bond acceptors (Lipinski definition) is 4. The van der Waals surface area contributed by atoms with Crippen LogP contribution in [0.1, 0.15) is 53.8 Å². The van der Waals surface area contributed by atoms with Crippen LogP contribution in [0.25, 0.3) is 0 Å². The molecule has 6 nitrogen and oxygen atoms in total. The number of rotatable bonds is 9. The Kier molecular flexibility index (Phi) is 8.81. The first-order valence-electron chi connectivity index (χ1n) is 9.31. The van der Waals surface area contributed by atoms with Crippen molar-refractivity contribution >= 4 is 27.7 Å². The van der Waals surface area contributed by atoms with Crippen LogP contribution in [0, 0.1) is 0 Å². The van der Waals surface area contributed by atoms with Crippen LogP contribution in [0.4, 0.5) is 0 Å². The topological polar surface area (TPSA) is 76.7 Å². The Morgan fingerprint density at radius 1 is 0.893 bits per heavy atom. The first-order chi connectivity index (χ1) is 13.6. The summed E-state index contributed by atoms with van der Waals surface area (Å²) in [4.78, 5) is 24.7. The number of carbonyl (C=O) groups is 2. The zero-order chi connectivity index (χ0) is 20.4. The molecule has 0 aliphatic heterocycles. The highest BCUT2D eigenvalue weighted by Crippen LogP contribution is 2.26. The average molecular weight is 449 g/mol. The predicted octanol–water partition coefficient (Wildman–Crippen LogP) is 4.49. The number of unbranched alkanes of at least 4 members (excludes halogenated alkanes) is 1. The van der Waals surface area contributed by atoms with Gasteiger partial charge < -0.3 is 9.47 Å². The van der Waals surface area contributed by atoms with E-state index in [1.54, 1.807) is 42.5 Å². The van der Waals surface area contributed by atoms with Crippen LogP contribution in [0.15, 0.2) is 46.9 Å². The fraction of sp³-hybridized carbons (Fsp3) is 0.333. The lowest BCUT2D eigenvalue weighted by atomic mass is 10.2. The third-order valence-corrected chi connectivity index (χ3v) is 4.45. The third kappa shape index (κ3) is 6.27. The zero-order valence-electron chi connectivity index (χ0n) is 16.1. The molecule has 0 aliphatic rings. The maximum Gasteiger partial charge on any atom is 0.273 e. The van der Waals surface area contributed by atoms with E-state index in [0.717, 1.165) is 19.3 Å². The molecule has 0 bridgehead atoms. The van der Waals surface area contributed by atoms with Crippen LogP contribution < -0.4 is 20.3 Å². The van der Waals surface area contributed by atoms with Gasteiger partial charge in [-0.1, -0.05) is 32.4 Å². The van der Waals surface area contributed by atoms with Gasteiger partial charge in [0, 0.05) is 5.56 Å². The van der Waals surface area contributed by atoms with Crippen molar-refractivity contribution in [1.82, 2.24) is 10.9 Å². The van der Waals surface area contributed by atoms with E-state index in [-0.39, 0.29) is 0 Å². The van der Waals surface area contributed by atoms with E-state index in [1.807, 2.05) is 6.92 Å². The molecule has 2 amide bonds. The van der Waals surface area contributed by atoms with Crippen molar-refractivity contribution in [3.8, 4) is 11.5 Å². The predicted molar refractivity (Wildman–Crippen MR) is 112 cm³/mol. The molecule has 28 heavy (non-hydrogen) atoms. The fourth-order valence-corrected chi connectivity index (χ4v) is 2.82. The van der Waals surface area contributed by atoms with Gasteiger partial charge >= 0.3 is 0 Å². The lowest BCUT2D eigenvalue weighted by Crippen LogP contribution is -2.41. The molecule has 0 unspecified atom stereocenters. The molecule has 2 aromatic rings. The Balaban J connectivity index is 1.96. The van der Waals surface area contributed by atoms with E-state index in [9.17, 15) is 9.59 Å². The second-order valence-corrected chi connectivity index (χ2v) is 6.95. The number of hydrogen-bond donors (Lipinski definition) is 2. The summed E-state index contributed by atoms with van der Waals surface area (Å²) in [6.07, 6.45) is 2.84. The summed E-state index contributed by atoms with van der Waals surface area (Å²) in [7, 11) is 0. The summed E-state index contributed by atoms with van der Waals surface area (Å²) >= 11 is 3.41. The minimum atomic E-state index is -0.446. The van der Waals surface area contributed by atoms with Crippen LogP contribution in [0.5, 0.6) is 11.5 Å². The smallest absolute Gasteiger partial charge is 0.273 e. The lowest BCUT2D eigenvalue weighted by Gasteiger charge is -2.12. The molecule has 0 heterocycles. The van der Waals surface area contributed by atoms with Crippen molar-refractivity contribution in [1.29, 1.82) is 0 Å². The molecular formula is C21H25BrN2O4. The van der Waals surface area contributed by atoms with E-state index in [0.29, 0.717) is 40.3 Å². The van der Waals surface area contributed by atoms with Gasteiger partial charge in [-0.05, 0) is 59.1 Å². The van der Waals surface area contributed by atoms with Crippen molar-refractivity contribution < 1.29 is 19.1 Å². The van der Waals surface area contributed by atoms with Gasteiger partial charge in [0.1, 0.15) is 11.5 Å². The number of nitrogens with one attached hydrogen (secondary N) is 2. The number of para-hydroxylation sites is 1. The van der Waals surface area contributed by atoms with Crippen molar-refractivity contribution in [2.75, 3.05) is 13.2 Å². The van der Waals surface area contributed by atoms with Crippen molar-refractivity contribution in [2.24, 2.45) is 0 Å². The van der Waals surface area contributed by atoms with Crippen molar-refractivity contribution in [3.05, 3.63) is 58.1 Å². The van der Waals surface area contributed by atoms with Gasteiger partial charge in [-0.25, -0.2) is 0 Å². The minimum Gasteiger partial charge on any atom is -0.493 e. The molecule has 2 aromatic carbocycles. The molecular weight excluding hydrogens is 424 g/mol. The Morgan fingerprint density at radius 2 is 1.61 bits per heavy atom. The third-order valence-electron chi connectivity index (χ3n) is 3.83. The Morgan fingerprint density at radius 3 is 2.32 bits per heavy atom. The molecule has 2 rings (SSSR count). The second kappa shape index (κ2) is 11.3. The average Bonchev–Trinajstić information content (AvgIpc) is 2.71. The lowest BCUT2D eigenvalue weighted by molar-refractivity contribution is 0.0844. The van der Waals surface area contributed by atoms with Gasteiger partial charge in [-0.15, -0.1) is 0 Å². The Hall–Kier alpha value is -2.54. The first-order valence-corrected chi connectivity index (χ1v) is 10.1. The molecule has 0 spiro atoms. The van der Waals surface area contributed by atoms with Crippen LogP contribution in [-0.2, 0) is 0 Å². The van der Waals surface area contributed by atoms with Crippen LogP contribution in [-0.4, -0.2) is 25.0 Å². The molecule has 0 aliphatic carbocycles. The largest absolute Gasteiger partial charge is 0.493 e. The van der Waals surface area contributed by atoms with Gasteiger partial charge in [-0.3, -0.25) is 20.4 Å². The number of halogens is 1. The monoisotopic (exact) mass is 448 g/mol. The number of amides is 2. The molecule has 0 saturated heterocycles. The van der Waals surface area contributed by atoms with E-state index >= 15 is 0 Å².